The molecule has 2 unspecified atom stereocenters. The van der Waals surface area contributed by atoms with Crippen LogP contribution in [0, 0.1) is 0 Å². The molecule has 1 saturated carbocycles. The second kappa shape index (κ2) is 5.84. The molecule has 0 bridgehead atoms. The standard InChI is InChI=1S/C9H19NOS/c10-6-7-12-9-5-3-1-2-4-8(9)11/h8-9,11H,1-7,10H2. The highest BCUT2D eigenvalue weighted by Gasteiger charge is 2.21. The topological polar surface area (TPSA) is 46.2 Å². The second-order valence-electron chi connectivity index (χ2n) is 3.40. The summed E-state index contributed by atoms with van der Waals surface area (Å²) in [4.78, 5) is 0. The highest BCUT2D eigenvalue weighted by atomic mass is 32.2. The fourth-order valence-corrected chi connectivity index (χ4v) is 2.80. The first-order valence-electron chi connectivity index (χ1n) is 4.84. The average Bonchev–Trinajstić information content (AvgIpc) is 2.27. The maximum Gasteiger partial charge on any atom is 0.0658 e. The van der Waals surface area contributed by atoms with Gasteiger partial charge in [-0.05, 0) is 12.8 Å². The van der Waals surface area contributed by atoms with E-state index in [1.165, 1.54) is 25.7 Å². The molecule has 0 saturated heterocycles. The van der Waals surface area contributed by atoms with Crippen LogP contribution >= 0.6 is 11.8 Å². The summed E-state index contributed by atoms with van der Waals surface area (Å²) in [6.07, 6.45) is 5.84. The predicted octanol–water partition coefficient (Wildman–Crippen LogP) is 1.37. The van der Waals surface area contributed by atoms with Gasteiger partial charge in [-0.3, -0.25) is 0 Å². The van der Waals surface area contributed by atoms with Gasteiger partial charge in [-0.1, -0.05) is 19.3 Å². The van der Waals surface area contributed by atoms with E-state index in [2.05, 4.69) is 0 Å². The minimum atomic E-state index is -0.0796. The van der Waals surface area contributed by atoms with Gasteiger partial charge in [-0.2, -0.15) is 11.8 Å². The van der Waals surface area contributed by atoms with Crippen LogP contribution in [0.2, 0.25) is 0 Å². The van der Waals surface area contributed by atoms with Crippen molar-refractivity contribution in [2.75, 3.05) is 12.3 Å². The molecular formula is C9H19NOS. The molecular weight excluding hydrogens is 170 g/mol. The SMILES string of the molecule is NCCSC1CCCCCC1O. The minimum absolute atomic E-state index is 0.0796. The van der Waals surface area contributed by atoms with E-state index in [4.69, 9.17) is 5.73 Å². The van der Waals surface area contributed by atoms with Crippen molar-refractivity contribution in [2.45, 2.75) is 43.5 Å². The molecule has 0 aromatic carbocycles. The van der Waals surface area contributed by atoms with E-state index >= 15 is 0 Å². The number of hydrogen-bond acceptors (Lipinski definition) is 3. The number of rotatable bonds is 3. The number of aliphatic hydroxyl groups is 1. The zero-order valence-electron chi connectivity index (χ0n) is 7.54. The Morgan fingerprint density at radius 3 is 2.75 bits per heavy atom. The molecule has 2 atom stereocenters. The first kappa shape index (κ1) is 10.4. The van der Waals surface area contributed by atoms with Gasteiger partial charge in [-0.15, -0.1) is 0 Å². The molecule has 0 spiro atoms. The Kier molecular flexibility index (Phi) is 5.04. The van der Waals surface area contributed by atoms with E-state index in [0.29, 0.717) is 5.25 Å². The maximum atomic E-state index is 9.71. The van der Waals surface area contributed by atoms with Crippen molar-refractivity contribution < 1.29 is 5.11 Å². The molecule has 0 aliphatic heterocycles. The van der Waals surface area contributed by atoms with Gasteiger partial charge in [0.1, 0.15) is 0 Å². The molecule has 0 heterocycles. The number of aliphatic hydroxyl groups excluding tert-OH is 1. The predicted molar refractivity (Wildman–Crippen MR) is 54.4 cm³/mol. The summed E-state index contributed by atoms with van der Waals surface area (Å²) in [6.45, 7) is 0.730. The second-order valence-corrected chi connectivity index (χ2v) is 4.75. The number of hydrogen-bond donors (Lipinski definition) is 2. The first-order chi connectivity index (χ1) is 5.84. The van der Waals surface area contributed by atoms with Crippen LogP contribution in [0.4, 0.5) is 0 Å². The number of nitrogens with two attached hydrogens (primary N) is 1. The van der Waals surface area contributed by atoms with E-state index in [1.54, 1.807) is 0 Å². The van der Waals surface area contributed by atoms with Crippen molar-refractivity contribution in [2.24, 2.45) is 5.73 Å². The zero-order chi connectivity index (χ0) is 8.81. The van der Waals surface area contributed by atoms with E-state index < -0.39 is 0 Å². The maximum absolute atomic E-state index is 9.71. The van der Waals surface area contributed by atoms with Crippen LogP contribution in [0.25, 0.3) is 0 Å². The normalized spacial score (nSPS) is 31.5. The van der Waals surface area contributed by atoms with Crippen molar-refractivity contribution in [1.82, 2.24) is 0 Å². The largest absolute Gasteiger partial charge is 0.392 e. The van der Waals surface area contributed by atoms with Crippen molar-refractivity contribution in [3.8, 4) is 0 Å². The molecule has 2 nitrogen and oxygen atoms in total. The molecule has 72 valence electrons. The molecule has 0 aromatic heterocycles. The van der Waals surface area contributed by atoms with Crippen molar-refractivity contribution in [3.05, 3.63) is 0 Å². The van der Waals surface area contributed by atoms with Crippen LogP contribution < -0.4 is 5.73 Å². The Morgan fingerprint density at radius 1 is 1.25 bits per heavy atom. The van der Waals surface area contributed by atoms with Gasteiger partial charge in [0.15, 0.2) is 0 Å². The zero-order valence-corrected chi connectivity index (χ0v) is 8.35. The third kappa shape index (κ3) is 3.33. The molecule has 0 radical (unpaired) electrons. The van der Waals surface area contributed by atoms with Crippen LogP contribution in [0.5, 0.6) is 0 Å². The van der Waals surface area contributed by atoms with E-state index in [-0.39, 0.29) is 6.10 Å². The molecule has 3 N–H and O–H groups in total. The molecule has 1 rings (SSSR count). The monoisotopic (exact) mass is 189 g/mol. The van der Waals surface area contributed by atoms with Gasteiger partial charge < -0.3 is 10.8 Å². The molecule has 0 aromatic rings. The van der Waals surface area contributed by atoms with E-state index in [1.807, 2.05) is 11.8 Å². The summed E-state index contributed by atoms with van der Waals surface area (Å²) in [5.74, 6) is 0.988. The Bertz CT molecular complexity index is 121. The van der Waals surface area contributed by atoms with Gasteiger partial charge in [0.2, 0.25) is 0 Å². The van der Waals surface area contributed by atoms with Crippen LogP contribution in [0.3, 0.4) is 0 Å². The van der Waals surface area contributed by atoms with Crippen molar-refractivity contribution in [1.29, 1.82) is 0 Å². The molecule has 1 aliphatic carbocycles. The Labute approximate surface area is 78.9 Å². The molecule has 1 fully saturated rings. The summed E-state index contributed by atoms with van der Waals surface area (Å²) in [5.41, 5.74) is 5.43. The Hall–Kier alpha value is 0.270. The average molecular weight is 189 g/mol. The van der Waals surface area contributed by atoms with E-state index in [0.717, 1.165) is 18.7 Å². The fourth-order valence-electron chi connectivity index (χ4n) is 1.67. The first-order valence-corrected chi connectivity index (χ1v) is 5.89. The fraction of sp³-hybridized carbons (Fsp3) is 1.00. The van der Waals surface area contributed by atoms with Crippen LogP contribution in [0.1, 0.15) is 32.1 Å². The number of thioether (sulfide) groups is 1. The summed E-state index contributed by atoms with van der Waals surface area (Å²) in [6, 6.07) is 0. The summed E-state index contributed by atoms with van der Waals surface area (Å²) in [7, 11) is 0. The lowest BCUT2D eigenvalue weighted by molar-refractivity contribution is 0.163. The summed E-state index contributed by atoms with van der Waals surface area (Å²) in [5, 5.41) is 10.2. The van der Waals surface area contributed by atoms with Crippen LogP contribution in [0.15, 0.2) is 0 Å². The van der Waals surface area contributed by atoms with Gasteiger partial charge in [0.25, 0.3) is 0 Å². The van der Waals surface area contributed by atoms with Gasteiger partial charge in [0, 0.05) is 17.5 Å². The van der Waals surface area contributed by atoms with Crippen molar-refractivity contribution in [3.63, 3.8) is 0 Å². The summed E-state index contributed by atoms with van der Waals surface area (Å²) < 4.78 is 0. The van der Waals surface area contributed by atoms with E-state index in [9.17, 15) is 5.11 Å². The lowest BCUT2D eigenvalue weighted by Gasteiger charge is -2.18. The van der Waals surface area contributed by atoms with Crippen LogP contribution in [-0.2, 0) is 0 Å². The molecule has 1 aliphatic rings. The van der Waals surface area contributed by atoms with Crippen molar-refractivity contribution >= 4 is 11.8 Å². The third-order valence-electron chi connectivity index (χ3n) is 2.37. The molecule has 3 heteroatoms. The third-order valence-corrected chi connectivity index (χ3v) is 3.82. The minimum Gasteiger partial charge on any atom is -0.392 e. The van der Waals surface area contributed by atoms with Gasteiger partial charge in [0.05, 0.1) is 6.10 Å². The van der Waals surface area contributed by atoms with Crippen LogP contribution in [-0.4, -0.2) is 28.8 Å². The van der Waals surface area contributed by atoms with Gasteiger partial charge in [-0.25, -0.2) is 0 Å². The highest BCUT2D eigenvalue weighted by molar-refractivity contribution is 7.99. The Morgan fingerprint density at radius 2 is 2.00 bits per heavy atom. The molecule has 0 amide bonds. The molecule has 12 heavy (non-hydrogen) atoms. The lowest BCUT2D eigenvalue weighted by atomic mass is 10.1. The van der Waals surface area contributed by atoms with Gasteiger partial charge >= 0.3 is 0 Å². The quantitative estimate of drug-likeness (QED) is 0.659. The Balaban J connectivity index is 2.26. The summed E-state index contributed by atoms with van der Waals surface area (Å²) >= 11 is 1.84. The smallest absolute Gasteiger partial charge is 0.0658 e. The lowest BCUT2D eigenvalue weighted by Crippen LogP contribution is -2.22. The highest BCUT2D eigenvalue weighted by Crippen LogP contribution is 2.27.